The van der Waals surface area contributed by atoms with Crippen molar-refractivity contribution in [3.8, 4) is 11.1 Å². The molecular weight excluding hydrogens is 400 g/mol. The zero-order chi connectivity index (χ0) is 21.5. The molecule has 2 aliphatic heterocycles. The second kappa shape index (κ2) is 8.11. The third-order valence-corrected chi connectivity index (χ3v) is 7.01. The molecule has 2 saturated heterocycles. The number of hydrogen-bond donors (Lipinski definition) is 0. The number of piperidine rings is 1. The predicted octanol–water partition coefficient (Wildman–Crippen LogP) is 2.56. The highest BCUT2D eigenvalue weighted by Gasteiger charge is 2.27. The normalized spacial score (nSPS) is 19.2. The summed E-state index contributed by atoms with van der Waals surface area (Å²) in [5.74, 6) is 0. The van der Waals surface area contributed by atoms with Crippen molar-refractivity contribution in [2.75, 3.05) is 51.2 Å². The molecule has 0 saturated carbocycles. The van der Waals surface area contributed by atoms with E-state index in [0.717, 1.165) is 46.6 Å². The van der Waals surface area contributed by atoms with Gasteiger partial charge in [-0.15, -0.1) is 0 Å². The van der Waals surface area contributed by atoms with Gasteiger partial charge >= 0.3 is 0 Å². The van der Waals surface area contributed by atoms with Gasteiger partial charge in [0.05, 0.1) is 35.3 Å². The topological polar surface area (TPSA) is 65.7 Å². The van der Waals surface area contributed by atoms with Crippen molar-refractivity contribution in [2.24, 2.45) is 0 Å². The molecule has 0 unspecified atom stereocenters. The van der Waals surface area contributed by atoms with Crippen LogP contribution in [0.4, 0.5) is 5.69 Å². The molecule has 8 nitrogen and oxygen atoms in total. The van der Waals surface area contributed by atoms with E-state index < -0.39 is 0 Å². The number of rotatable bonds is 3. The van der Waals surface area contributed by atoms with E-state index in [1.807, 2.05) is 41.3 Å². The maximum absolute atomic E-state index is 4.81. The Kier molecular flexibility index (Phi) is 4.96. The molecule has 32 heavy (non-hydrogen) atoms. The molecule has 0 radical (unpaired) electrons. The number of aromatic nitrogens is 5. The average molecular weight is 429 g/mol. The summed E-state index contributed by atoms with van der Waals surface area (Å²) in [6, 6.07) is 6.59. The van der Waals surface area contributed by atoms with Crippen molar-refractivity contribution >= 4 is 22.4 Å². The highest BCUT2D eigenvalue weighted by atomic mass is 15.3. The Bertz CT molecular complexity index is 1230. The summed E-state index contributed by atoms with van der Waals surface area (Å²) < 4.78 is 1.90. The summed E-state index contributed by atoms with van der Waals surface area (Å²) in [5, 5.41) is 4.62. The molecule has 2 aliphatic rings. The summed E-state index contributed by atoms with van der Waals surface area (Å²) in [7, 11) is 2.22. The Balaban J connectivity index is 1.22. The second-order valence-electron chi connectivity index (χ2n) is 8.93. The highest BCUT2D eigenvalue weighted by Crippen LogP contribution is 2.30. The van der Waals surface area contributed by atoms with Gasteiger partial charge in [0, 0.05) is 68.8 Å². The molecule has 6 rings (SSSR count). The second-order valence-corrected chi connectivity index (χ2v) is 8.93. The van der Waals surface area contributed by atoms with E-state index in [0.29, 0.717) is 6.04 Å². The standard InChI is InChI=1S/C24H28N8/c1-29-11-13-31(14-12-29)18-5-9-30(10-6-18)19-15-27-24-21(16-28-32(24)17-19)20-4-8-25-22-3-2-7-26-23(20)22/h2-4,7-8,15-18H,5-6,9-14H2,1H3. The van der Waals surface area contributed by atoms with Gasteiger partial charge in [0.2, 0.25) is 0 Å². The van der Waals surface area contributed by atoms with Crippen LogP contribution >= 0.6 is 0 Å². The zero-order valence-electron chi connectivity index (χ0n) is 18.4. The largest absolute Gasteiger partial charge is 0.369 e. The molecule has 0 amide bonds. The molecule has 0 N–H and O–H groups in total. The number of fused-ring (bicyclic) bond motifs is 2. The van der Waals surface area contributed by atoms with Crippen LogP contribution in [0.3, 0.4) is 0 Å². The first kappa shape index (κ1) is 19.6. The lowest BCUT2D eigenvalue weighted by molar-refractivity contribution is 0.0982. The number of hydrogen-bond acceptors (Lipinski definition) is 7. The van der Waals surface area contributed by atoms with Gasteiger partial charge in [-0.05, 0) is 38.1 Å². The smallest absolute Gasteiger partial charge is 0.163 e. The van der Waals surface area contributed by atoms with Gasteiger partial charge in [0.1, 0.15) is 0 Å². The van der Waals surface area contributed by atoms with Crippen LogP contribution in [0.25, 0.3) is 27.8 Å². The van der Waals surface area contributed by atoms with Crippen LogP contribution in [-0.2, 0) is 0 Å². The fraction of sp³-hybridized carbons (Fsp3) is 0.417. The van der Waals surface area contributed by atoms with Crippen LogP contribution in [0, 0.1) is 0 Å². The summed E-state index contributed by atoms with van der Waals surface area (Å²) in [4.78, 5) is 21.3. The van der Waals surface area contributed by atoms with Crippen LogP contribution in [0.2, 0.25) is 0 Å². The highest BCUT2D eigenvalue weighted by molar-refractivity contribution is 5.94. The van der Waals surface area contributed by atoms with Crippen molar-refractivity contribution in [3.63, 3.8) is 0 Å². The molecule has 164 valence electrons. The van der Waals surface area contributed by atoms with Gasteiger partial charge in [-0.2, -0.15) is 5.10 Å². The van der Waals surface area contributed by atoms with Gasteiger partial charge in [-0.3, -0.25) is 14.9 Å². The van der Waals surface area contributed by atoms with Crippen LogP contribution < -0.4 is 4.90 Å². The molecule has 8 heteroatoms. The predicted molar refractivity (Wildman–Crippen MR) is 126 cm³/mol. The summed E-state index contributed by atoms with van der Waals surface area (Å²) >= 11 is 0. The fourth-order valence-electron chi connectivity index (χ4n) is 5.09. The molecule has 0 aromatic carbocycles. The third kappa shape index (κ3) is 3.49. The molecule has 0 spiro atoms. The van der Waals surface area contributed by atoms with Gasteiger partial charge < -0.3 is 9.80 Å². The van der Waals surface area contributed by atoms with Gasteiger partial charge in [-0.25, -0.2) is 9.50 Å². The molecule has 0 bridgehead atoms. The van der Waals surface area contributed by atoms with E-state index in [2.05, 4.69) is 43.0 Å². The number of pyridine rings is 2. The molecule has 2 fully saturated rings. The van der Waals surface area contributed by atoms with Gasteiger partial charge in [0.15, 0.2) is 5.65 Å². The molecule has 0 atom stereocenters. The number of piperazine rings is 1. The first-order valence-corrected chi connectivity index (χ1v) is 11.5. The fourth-order valence-corrected chi connectivity index (χ4v) is 5.09. The number of anilines is 1. The first-order chi connectivity index (χ1) is 15.8. The van der Waals surface area contributed by atoms with Crippen molar-refractivity contribution < 1.29 is 0 Å². The van der Waals surface area contributed by atoms with Gasteiger partial charge in [0.25, 0.3) is 0 Å². The molecule has 6 heterocycles. The quantitative estimate of drug-likeness (QED) is 0.497. The van der Waals surface area contributed by atoms with E-state index in [1.54, 1.807) is 6.20 Å². The van der Waals surface area contributed by atoms with Crippen molar-refractivity contribution in [1.29, 1.82) is 0 Å². The van der Waals surface area contributed by atoms with E-state index >= 15 is 0 Å². The Morgan fingerprint density at radius 1 is 0.844 bits per heavy atom. The van der Waals surface area contributed by atoms with Crippen LogP contribution in [0.15, 0.2) is 49.2 Å². The Labute approximate surface area is 187 Å². The molecule has 4 aromatic heterocycles. The van der Waals surface area contributed by atoms with E-state index in [4.69, 9.17) is 4.98 Å². The van der Waals surface area contributed by atoms with Crippen molar-refractivity contribution in [1.82, 2.24) is 34.4 Å². The lowest BCUT2D eigenvalue weighted by atomic mass is 10.0. The summed E-state index contributed by atoms with van der Waals surface area (Å²) in [6.45, 7) is 6.90. The average Bonchev–Trinajstić information content (AvgIpc) is 3.27. The van der Waals surface area contributed by atoms with Crippen LogP contribution in [0.1, 0.15) is 12.8 Å². The monoisotopic (exact) mass is 428 g/mol. The first-order valence-electron chi connectivity index (χ1n) is 11.5. The lowest BCUT2D eigenvalue weighted by Gasteiger charge is -2.42. The summed E-state index contributed by atoms with van der Waals surface area (Å²) in [6.07, 6.45) is 12.0. The minimum Gasteiger partial charge on any atom is -0.369 e. The SMILES string of the molecule is CN1CCN(C2CCN(c3cnc4c(-c5ccnc6cccnc56)cnn4c3)CC2)CC1. The van der Waals surface area contributed by atoms with Gasteiger partial charge in [-0.1, -0.05) is 0 Å². The minimum absolute atomic E-state index is 0.709. The van der Waals surface area contributed by atoms with Crippen molar-refractivity contribution in [2.45, 2.75) is 18.9 Å². The third-order valence-electron chi connectivity index (χ3n) is 7.01. The zero-order valence-corrected chi connectivity index (χ0v) is 18.4. The molecule has 0 aliphatic carbocycles. The number of likely N-dealkylation sites (N-methyl/N-ethyl adjacent to an activating group) is 1. The van der Waals surface area contributed by atoms with Crippen LogP contribution in [0.5, 0.6) is 0 Å². The van der Waals surface area contributed by atoms with Crippen molar-refractivity contribution in [3.05, 3.63) is 49.2 Å². The van der Waals surface area contributed by atoms with E-state index in [-0.39, 0.29) is 0 Å². The number of nitrogens with zero attached hydrogens (tertiary/aromatic N) is 8. The maximum atomic E-state index is 4.81. The Hall–Kier alpha value is -3.10. The minimum atomic E-state index is 0.709. The Morgan fingerprint density at radius 2 is 1.69 bits per heavy atom. The Morgan fingerprint density at radius 3 is 2.53 bits per heavy atom. The van der Waals surface area contributed by atoms with E-state index in [9.17, 15) is 0 Å². The van der Waals surface area contributed by atoms with Crippen LogP contribution in [-0.4, -0.2) is 86.7 Å². The van der Waals surface area contributed by atoms with E-state index in [1.165, 1.54) is 39.0 Å². The molecular formula is C24H28N8. The maximum Gasteiger partial charge on any atom is 0.163 e. The molecule has 4 aromatic rings. The lowest BCUT2D eigenvalue weighted by Crippen LogP contribution is -2.52. The summed E-state index contributed by atoms with van der Waals surface area (Å²) in [5.41, 5.74) is 5.74.